The zero-order chi connectivity index (χ0) is 11.4. The Kier molecular flexibility index (Phi) is 5.14. The van der Waals surface area contributed by atoms with Crippen molar-refractivity contribution in [3.8, 4) is 0 Å². The van der Waals surface area contributed by atoms with Crippen LogP contribution < -0.4 is 5.32 Å². The van der Waals surface area contributed by atoms with Gasteiger partial charge in [-0.15, -0.1) is 0 Å². The van der Waals surface area contributed by atoms with Crippen LogP contribution in [0.5, 0.6) is 0 Å². The van der Waals surface area contributed by atoms with Crippen LogP contribution in [-0.4, -0.2) is 12.1 Å². The molecule has 0 radical (unpaired) electrons. The number of rotatable bonds is 5. The van der Waals surface area contributed by atoms with E-state index in [0.717, 1.165) is 12.5 Å². The SMILES string of the molecule is CC(C)CCC(C)(C)CNC(C)(C)C. The molecule has 0 heterocycles. The summed E-state index contributed by atoms with van der Waals surface area (Å²) in [5.41, 5.74) is 0.673. The molecule has 0 bridgehead atoms. The monoisotopic (exact) mass is 199 g/mol. The van der Waals surface area contributed by atoms with E-state index in [9.17, 15) is 0 Å². The lowest BCUT2D eigenvalue weighted by Gasteiger charge is -2.31. The molecule has 14 heavy (non-hydrogen) atoms. The van der Waals surface area contributed by atoms with Gasteiger partial charge in [-0.05, 0) is 38.5 Å². The predicted octanol–water partition coefficient (Wildman–Crippen LogP) is 3.84. The summed E-state index contributed by atoms with van der Waals surface area (Å²) in [6, 6.07) is 0. The molecule has 0 atom stereocenters. The summed E-state index contributed by atoms with van der Waals surface area (Å²) in [4.78, 5) is 0. The first-order valence-corrected chi connectivity index (χ1v) is 5.87. The van der Waals surface area contributed by atoms with Gasteiger partial charge in [0.15, 0.2) is 0 Å². The molecule has 0 aromatic heterocycles. The average Bonchev–Trinajstić information content (AvgIpc) is 1.97. The van der Waals surface area contributed by atoms with Crippen LogP contribution in [0, 0.1) is 11.3 Å². The molecule has 0 amide bonds. The van der Waals surface area contributed by atoms with Crippen LogP contribution in [0.2, 0.25) is 0 Å². The minimum Gasteiger partial charge on any atom is -0.312 e. The quantitative estimate of drug-likeness (QED) is 0.709. The molecule has 0 saturated carbocycles. The van der Waals surface area contributed by atoms with Crippen molar-refractivity contribution in [2.45, 2.75) is 66.8 Å². The first-order valence-electron chi connectivity index (χ1n) is 5.87. The van der Waals surface area contributed by atoms with Gasteiger partial charge in [-0.1, -0.05) is 34.1 Å². The van der Waals surface area contributed by atoms with Gasteiger partial charge in [0.25, 0.3) is 0 Å². The normalized spacial score (nSPS) is 13.7. The molecule has 1 nitrogen and oxygen atoms in total. The molecule has 0 aromatic carbocycles. The molecule has 86 valence electrons. The van der Waals surface area contributed by atoms with E-state index in [4.69, 9.17) is 0 Å². The van der Waals surface area contributed by atoms with Crippen LogP contribution in [-0.2, 0) is 0 Å². The Morgan fingerprint density at radius 1 is 1.00 bits per heavy atom. The Balaban J connectivity index is 3.83. The first kappa shape index (κ1) is 14.0. The molecule has 0 fully saturated rings. The van der Waals surface area contributed by atoms with Crippen LogP contribution >= 0.6 is 0 Å². The van der Waals surface area contributed by atoms with Gasteiger partial charge in [-0.25, -0.2) is 0 Å². The van der Waals surface area contributed by atoms with Crippen molar-refractivity contribution in [3.05, 3.63) is 0 Å². The fourth-order valence-corrected chi connectivity index (χ4v) is 1.27. The van der Waals surface area contributed by atoms with Gasteiger partial charge in [0.2, 0.25) is 0 Å². The summed E-state index contributed by atoms with van der Waals surface area (Å²) in [6.45, 7) is 17.1. The molecule has 1 N–H and O–H groups in total. The van der Waals surface area contributed by atoms with Crippen molar-refractivity contribution >= 4 is 0 Å². The van der Waals surface area contributed by atoms with Crippen molar-refractivity contribution in [2.75, 3.05) is 6.54 Å². The van der Waals surface area contributed by atoms with Crippen LogP contribution in [0.1, 0.15) is 61.3 Å². The maximum Gasteiger partial charge on any atom is 0.00967 e. The molecular weight excluding hydrogens is 170 g/mol. The Morgan fingerprint density at radius 2 is 1.50 bits per heavy atom. The summed E-state index contributed by atoms with van der Waals surface area (Å²) in [5.74, 6) is 0.823. The Labute approximate surface area is 90.7 Å². The molecular formula is C13H29N. The number of nitrogens with one attached hydrogen (secondary N) is 1. The van der Waals surface area contributed by atoms with E-state index in [1.807, 2.05) is 0 Å². The maximum atomic E-state index is 3.59. The highest BCUT2D eigenvalue weighted by Crippen LogP contribution is 2.24. The first-order chi connectivity index (χ1) is 6.12. The standard InChI is InChI=1S/C13H29N/c1-11(2)8-9-13(6,7)10-14-12(3,4)5/h11,14H,8-10H2,1-7H3. The van der Waals surface area contributed by atoms with Crippen molar-refractivity contribution in [3.63, 3.8) is 0 Å². The van der Waals surface area contributed by atoms with Crippen molar-refractivity contribution in [1.82, 2.24) is 5.32 Å². The van der Waals surface area contributed by atoms with Crippen LogP contribution in [0.25, 0.3) is 0 Å². The lowest BCUT2D eigenvalue weighted by atomic mass is 9.84. The minimum atomic E-state index is 0.245. The lowest BCUT2D eigenvalue weighted by molar-refractivity contribution is 0.256. The zero-order valence-electron chi connectivity index (χ0n) is 11.2. The van der Waals surface area contributed by atoms with Gasteiger partial charge < -0.3 is 5.32 Å². The number of hydrogen-bond acceptors (Lipinski definition) is 1. The fraction of sp³-hybridized carbons (Fsp3) is 1.00. The summed E-state index contributed by atoms with van der Waals surface area (Å²) in [6.07, 6.45) is 2.65. The molecule has 0 aliphatic rings. The maximum absolute atomic E-state index is 3.59. The summed E-state index contributed by atoms with van der Waals surface area (Å²) >= 11 is 0. The van der Waals surface area contributed by atoms with Crippen molar-refractivity contribution < 1.29 is 0 Å². The van der Waals surface area contributed by atoms with E-state index in [1.165, 1.54) is 12.8 Å². The number of hydrogen-bond donors (Lipinski definition) is 1. The lowest BCUT2D eigenvalue weighted by Crippen LogP contribution is -2.42. The second-order valence-corrected chi connectivity index (χ2v) is 6.70. The van der Waals surface area contributed by atoms with E-state index < -0.39 is 0 Å². The zero-order valence-corrected chi connectivity index (χ0v) is 11.2. The van der Waals surface area contributed by atoms with Crippen LogP contribution in [0.4, 0.5) is 0 Å². The molecule has 0 aromatic rings. The summed E-state index contributed by atoms with van der Waals surface area (Å²) in [5, 5.41) is 3.59. The van der Waals surface area contributed by atoms with E-state index in [1.54, 1.807) is 0 Å². The van der Waals surface area contributed by atoms with Crippen LogP contribution in [0.15, 0.2) is 0 Å². The van der Waals surface area contributed by atoms with Crippen molar-refractivity contribution in [1.29, 1.82) is 0 Å². The molecule has 0 spiro atoms. The second-order valence-electron chi connectivity index (χ2n) is 6.70. The highest BCUT2D eigenvalue weighted by molar-refractivity contribution is 4.78. The molecule has 0 aliphatic heterocycles. The molecule has 0 rings (SSSR count). The Hall–Kier alpha value is -0.0400. The topological polar surface area (TPSA) is 12.0 Å². The third-order valence-electron chi connectivity index (χ3n) is 2.50. The molecule has 0 saturated heterocycles. The summed E-state index contributed by atoms with van der Waals surface area (Å²) < 4.78 is 0. The second kappa shape index (κ2) is 5.16. The molecule has 0 aliphatic carbocycles. The smallest absolute Gasteiger partial charge is 0.00967 e. The predicted molar refractivity (Wildman–Crippen MR) is 65.6 cm³/mol. The largest absolute Gasteiger partial charge is 0.312 e. The van der Waals surface area contributed by atoms with Gasteiger partial charge in [-0.3, -0.25) is 0 Å². The highest BCUT2D eigenvalue weighted by Gasteiger charge is 2.20. The molecule has 0 unspecified atom stereocenters. The van der Waals surface area contributed by atoms with Crippen LogP contribution in [0.3, 0.4) is 0 Å². The van der Waals surface area contributed by atoms with E-state index in [0.29, 0.717) is 5.41 Å². The van der Waals surface area contributed by atoms with Gasteiger partial charge in [0, 0.05) is 12.1 Å². The van der Waals surface area contributed by atoms with Gasteiger partial charge in [0.1, 0.15) is 0 Å². The van der Waals surface area contributed by atoms with Crippen molar-refractivity contribution in [2.24, 2.45) is 11.3 Å². The highest BCUT2D eigenvalue weighted by atomic mass is 14.9. The van der Waals surface area contributed by atoms with Gasteiger partial charge >= 0.3 is 0 Å². The fourth-order valence-electron chi connectivity index (χ4n) is 1.27. The Bertz CT molecular complexity index is 151. The molecule has 1 heteroatoms. The van der Waals surface area contributed by atoms with E-state index in [2.05, 4.69) is 53.8 Å². The van der Waals surface area contributed by atoms with Gasteiger partial charge in [0.05, 0.1) is 0 Å². The van der Waals surface area contributed by atoms with Gasteiger partial charge in [-0.2, -0.15) is 0 Å². The minimum absolute atomic E-state index is 0.245. The average molecular weight is 199 g/mol. The summed E-state index contributed by atoms with van der Waals surface area (Å²) in [7, 11) is 0. The van der Waals surface area contributed by atoms with E-state index in [-0.39, 0.29) is 5.54 Å². The third kappa shape index (κ3) is 8.55. The third-order valence-corrected chi connectivity index (χ3v) is 2.50. The Morgan fingerprint density at radius 3 is 1.86 bits per heavy atom. The van der Waals surface area contributed by atoms with E-state index >= 15 is 0 Å².